The summed E-state index contributed by atoms with van der Waals surface area (Å²) in [5, 5.41) is 2.73. The standard InChI is InChI=1S/C22H28N4O4/c1-15(30-16(2)27)21(28)26(20-13-11-19(12-14-20)25(5)6)22(29)23-17-7-9-18(10-8-17)24(3)4/h7-15H,1-6H3,(H,23,29)/t15-/m1/s1. The molecule has 0 radical (unpaired) electrons. The van der Waals surface area contributed by atoms with Crippen LogP contribution in [0.3, 0.4) is 0 Å². The number of anilines is 4. The maximum atomic E-state index is 13.0. The Balaban J connectivity index is 2.32. The Hall–Kier alpha value is -3.55. The molecule has 0 heterocycles. The van der Waals surface area contributed by atoms with Crippen molar-refractivity contribution in [2.24, 2.45) is 0 Å². The highest BCUT2D eigenvalue weighted by molar-refractivity contribution is 6.19. The molecule has 0 fully saturated rings. The zero-order valence-electron chi connectivity index (χ0n) is 18.2. The van der Waals surface area contributed by atoms with Crippen LogP contribution < -0.4 is 20.0 Å². The molecule has 1 N–H and O–H groups in total. The molecule has 8 nitrogen and oxygen atoms in total. The molecule has 0 unspecified atom stereocenters. The van der Waals surface area contributed by atoms with Crippen LogP contribution >= 0.6 is 0 Å². The van der Waals surface area contributed by atoms with Crippen molar-refractivity contribution in [3.05, 3.63) is 48.5 Å². The summed E-state index contributed by atoms with van der Waals surface area (Å²) in [6.45, 7) is 2.65. The van der Waals surface area contributed by atoms with Crippen LogP contribution in [0.15, 0.2) is 48.5 Å². The van der Waals surface area contributed by atoms with E-state index in [9.17, 15) is 14.4 Å². The van der Waals surface area contributed by atoms with E-state index in [2.05, 4.69) is 5.32 Å². The van der Waals surface area contributed by atoms with Crippen LogP contribution in [-0.4, -0.2) is 52.2 Å². The van der Waals surface area contributed by atoms with Crippen LogP contribution in [0.4, 0.5) is 27.5 Å². The number of urea groups is 1. The minimum Gasteiger partial charge on any atom is -0.453 e. The quantitative estimate of drug-likeness (QED) is 0.733. The number of esters is 1. The van der Waals surface area contributed by atoms with Crippen molar-refractivity contribution >= 4 is 40.7 Å². The lowest BCUT2D eigenvalue weighted by Gasteiger charge is -2.25. The van der Waals surface area contributed by atoms with E-state index in [0.717, 1.165) is 16.3 Å². The van der Waals surface area contributed by atoms with E-state index in [0.29, 0.717) is 11.4 Å². The van der Waals surface area contributed by atoms with Gasteiger partial charge in [-0.1, -0.05) is 0 Å². The maximum absolute atomic E-state index is 13.0. The molecule has 8 heteroatoms. The average Bonchev–Trinajstić information content (AvgIpc) is 2.68. The number of hydrogen-bond acceptors (Lipinski definition) is 6. The van der Waals surface area contributed by atoms with Gasteiger partial charge in [-0.05, 0) is 55.5 Å². The summed E-state index contributed by atoms with van der Waals surface area (Å²) in [6, 6.07) is 13.5. The molecule has 0 spiro atoms. The van der Waals surface area contributed by atoms with Crippen LogP contribution in [0, 0.1) is 0 Å². The Morgan fingerprint density at radius 1 is 0.800 bits per heavy atom. The summed E-state index contributed by atoms with van der Waals surface area (Å²) in [7, 11) is 7.62. The maximum Gasteiger partial charge on any atom is 0.333 e. The number of hydrogen-bond donors (Lipinski definition) is 1. The topological polar surface area (TPSA) is 82.2 Å². The van der Waals surface area contributed by atoms with Gasteiger partial charge in [0, 0.05) is 52.2 Å². The molecule has 0 aromatic heterocycles. The first-order valence-electron chi connectivity index (χ1n) is 9.47. The molecule has 0 aliphatic carbocycles. The first kappa shape index (κ1) is 22.7. The van der Waals surface area contributed by atoms with Gasteiger partial charge in [-0.25, -0.2) is 9.69 Å². The molecule has 160 valence electrons. The van der Waals surface area contributed by atoms with Gasteiger partial charge in [-0.3, -0.25) is 9.59 Å². The molecule has 0 aliphatic heterocycles. The van der Waals surface area contributed by atoms with Crippen molar-refractivity contribution in [3.63, 3.8) is 0 Å². The van der Waals surface area contributed by atoms with Gasteiger partial charge < -0.3 is 19.9 Å². The lowest BCUT2D eigenvalue weighted by molar-refractivity contribution is -0.151. The summed E-state index contributed by atoms with van der Waals surface area (Å²) in [4.78, 5) is 42.1. The number of benzene rings is 2. The second-order valence-corrected chi connectivity index (χ2v) is 7.21. The number of nitrogens with zero attached hydrogens (tertiary/aromatic N) is 3. The van der Waals surface area contributed by atoms with Gasteiger partial charge >= 0.3 is 12.0 Å². The van der Waals surface area contributed by atoms with Gasteiger partial charge in [-0.15, -0.1) is 0 Å². The van der Waals surface area contributed by atoms with E-state index in [1.807, 2.05) is 50.1 Å². The van der Waals surface area contributed by atoms with Crippen molar-refractivity contribution in [2.75, 3.05) is 48.2 Å². The molecule has 1 atom stereocenters. The normalized spacial score (nSPS) is 11.3. The number of rotatable bonds is 6. The van der Waals surface area contributed by atoms with Crippen LogP contribution in [0.1, 0.15) is 13.8 Å². The molecule has 0 saturated carbocycles. The van der Waals surface area contributed by atoms with Crippen molar-refractivity contribution < 1.29 is 19.1 Å². The summed E-state index contributed by atoms with van der Waals surface area (Å²) in [6.07, 6.45) is -1.11. The highest BCUT2D eigenvalue weighted by Crippen LogP contribution is 2.23. The Morgan fingerprint density at radius 2 is 1.23 bits per heavy atom. The van der Waals surface area contributed by atoms with Crippen molar-refractivity contribution in [3.8, 4) is 0 Å². The van der Waals surface area contributed by atoms with E-state index >= 15 is 0 Å². The average molecular weight is 412 g/mol. The van der Waals surface area contributed by atoms with Crippen LogP contribution in [0.2, 0.25) is 0 Å². The molecule has 0 saturated heterocycles. The first-order valence-corrected chi connectivity index (χ1v) is 9.47. The van der Waals surface area contributed by atoms with E-state index in [-0.39, 0.29) is 0 Å². The zero-order valence-corrected chi connectivity index (χ0v) is 18.2. The van der Waals surface area contributed by atoms with Gasteiger partial charge in [0.15, 0.2) is 6.10 Å². The number of carbonyl (C=O) groups is 3. The Morgan fingerprint density at radius 3 is 1.67 bits per heavy atom. The third-order valence-corrected chi connectivity index (χ3v) is 4.37. The lowest BCUT2D eigenvalue weighted by atomic mass is 10.2. The van der Waals surface area contributed by atoms with Crippen molar-refractivity contribution in [1.29, 1.82) is 0 Å². The van der Waals surface area contributed by atoms with E-state index in [1.165, 1.54) is 13.8 Å². The van der Waals surface area contributed by atoms with Gasteiger partial charge in [-0.2, -0.15) is 0 Å². The Kier molecular flexibility index (Phi) is 7.41. The minimum absolute atomic E-state index is 0.368. The van der Waals surface area contributed by atoms with Gasteiger partial charge in [0.25, 0.3) is 5.91 Å². The number of carbonyl (C=O) groups excluding carboxylic acids is 3. The van der Waals surface area contributed by atoms with Crippen LogP contribution in [0.25, 0.3) is 0 Å². The molecule has 3 amide bonds. The van der Waals surface area contributed by atoms with E-state index in [1.54, 1.807) is 36.4 Å². The molecule has 0 aliphatic rings. The second-order valence-electron chi connectivity index (χ2n) is 7.21. The van der Waals surface area contributed by atoms with Crippen LogP contribution in [0.5, 0.6) is 0 Å². The fraction of sp³-hybridized carbons (Fsp3) is 0.318. The highest BCUT2D eigenvalue weighted by Gasteiger charge is 2.30. The smallest absolute Gasteiger partial charge is 0.333 e. The summed E-state index contributed by atoms with van der Waals surface area (Å²) < 4.78 is 4.99. The Labute approximate surface area is 177 Å². The predicted molar refractivity (Wildman–Crippen MR) is 119 cm³/mol. The van der Waals surface area contributed by atoms with Crippen molar-refractivity contribution in [2.45, 2.75) is 20.0 Å². The molecule has 2 aromatic rings. The summed E-state index contributed by atoms with van der Waals surface area (Å²) in [5.74, 6) is -1.25. The number of imide groups is 1. The summed E-state index contributed by atoms with van der Waals surface area (Å²) in [5.41, 5.74) is 2.79. The highest BCUT2D eigenvalue weighted by atomic mass is 16.5. The molecular weight excluding hydrogens is 384 g/mol. The van der Waals surface area contributed by atoms with E-state index < -0.39 is 24.0 Å². The number of amides is 3. The van der Waals surface area contributed by atoms with Gasteiger partial charge in [0.05, 0.1) is 5.69 Å². The van der Waals surface area contributed by atoms with Crippen LogP contribution in [-0.2, 0) is 14.3 Å². The van der Waals surface area contributed by atoms with Gasteiger partial charge in [0.1, 0.15) is 0 Å². The molecule has 30 heavy (non-hydrogen) atoms. The monoisotopic (exact) mass is 412 g/mol. The lowest BCUT2D eigenvalue weighted by Crippen LogP contribution is -2.46. The number of nitrogens with one attached hydrogen (secondary N) is 1. The van der Waals surface area contributed by atoms with Gasteiger partial charge in [0.2, 0.25) is 0 Å². The second kappa shape index (κ2) is 9.78. The largest absolute Gasteiger partial charge is 0.453 e. The summed E-state index contributed by atoms with van der Waals surface area (Å²) >= 11 is 0. The molecule has 2 rings (SSSR count). The first-order chi connectivity index (χ1) is 14.1. The molecular formula is C22H28N4O4. The van der Waals surface area contributed by atoms with E-state index in [4.69, 9.17) is 4.74 Å². The fourth-order valence-electron chi connectivity index (χ4n) is 2.75. The minimum atomic E-state index is -1.11. The Bertz CT molecular complexity index is 892. The number of ether oxygens (including phenoxy) is 1. The third kappa shape index (κ3) is 5.73. The third-order valence-electron chi connectivity index (χ3n) is 4.37. The van der Waals surface area contributed by atoms with Crippen molar-refractivity contribution in [1.82, 2.24) is 0 Å². The fourth-order valence-corrected chi connectivity index (χ4v) is 2.75. The zero-order chi connectivity index (χ0) is 22.4. The SMILES string of the molecule is CC(=O)O[C@H](C)C(=O)N(C(=O)Nc1ccc(N(C)C)cc1)c1ccc(N(C)C)cc1. The molecule has 2 aromatic carbocycles. The molecule has 0 bridgehead atoms. The predicted octanol–water partition coefficient (Wildman–Crippen LogP) is 3.34.